The van der Waals surface area contributed by atoms with Crippen LogP contribution in [-0.4, -0.2) is 34.0 Å². The molecule has 3 aromatic rings. The monoisotopic (exact) mass is 460 g/mol. The van der Waals surface area contributed by atoms with Crippen LogP contribution in [0.5, 0.6) is 0 Å². The van der Waals surface area contributed by atoms with E-state index in [1.165, 1.54) is 22.3 Å². The van der Waals surface area contributed by atoms with Gasteiger partial charge in [0.15, 0.2) is 0 Å². The van der Waals surface area contributed by atoms with Crippen LogP contribution in [0.2, 0.25) is 0 Å². The Kier molecular flexibility index (Phi) is 7.47. The molecule has 6 nitrogen and oxygen atoms in total. The Morgan fingerprint density at radius 1 is 1.06 bits per heavy atom. The number of piperidine rings is 1. The van der Waals surface area contributed by atoms with Gasteiger partial charge in [-0.3, -0.25) is 9.69 Å². The van der Waals surface area contributed by atoms with Crippen molar-refractivity contribution >= 4 is 5.91 Å². The van der Waals surface area contributed by atoms with Crippen LogP contribution in [0.15, 0.2) is 47.0 Å². The Bertz CT molecular complexity index is 1110. The molecule has 0 bridgehead atoms. The molecule has 1 unspecified atom stereocenters. The lowest BCUT2D eigenvalue weighted by Gasteiger charge is -2.32. The van der Waals surface area contributed by atoms with Crippen molar-refractivity contribution in [1.82, 2.24) is 20.4 Å². The van der Waals surface area contributed by atoms with E-state index in [9.17, 15) is 4.79 Å². The molecule has 0 saturated carbocycles. The van der Waals surface area contributed by atoms with Crippen LogP contribution >= 0.6 is 0 Å². The van der Waals surface area contributed by atoms with Crippen LogP contribution in [-0.2, 0) is 11.3 Å². The first-order valence-electron chi connectivity index (χ1n) is 12.3. The fraction of sp³-hybridized carbons (Fsp3) is 0.464. The molecule has 1 aliphatic heterocycles. The topological polar surface area (TPSA) is 71.3 Å². The summed E-state index contributed by atoms with van der Waals surface area (Å²) in [5.41, 5.74) is 5.85. The van der Waals surface area contributed by atoms with E-state index in [2.05, 4.69) is 73.2 Å². The summed E-state index contributed by atoms with van der Waals surface area (Å²) in [7, 11) is 0. The number of aromatic nitrogens is 2. The third-order valence-electron chi connectivity index (χ3n) is 6.82. The number of likely N-dealkylation sites (tertiary alicyclic amines) is 1. The van der Waals surface area contributed by atoms with E-state index in [1.807, 2.05) is 24.3 Å². The molecule has 0 aliphatic carbocycles. The maximum Gasteiger partial charge on any atom is 0.241 e. The second kappa shape index (κ2) is 10.5. The van der Waals surface area contributed by atoms with Gasteiger partial charge < -0.3 is 9.84 Å². The number of carbonyl (C=O) groups is 1. The number of nitrogens with one attached hydrogen (secondary N) is 1. The number of hydrogen-bond acceptors (Lipinski definition) is 5. The van der Waals surface area contributed by atoms with Crippen molar-refractivity contribution < 1.29 is 9.32 Å². The van der Waals surface area contributed by atoms with Crippen LogP contribution in [0.3, 0.4) is 0 Å². The summed E-state index contributed by atoms with van der Waals surface area (Å²) < 4.78 is 5.49. The first kappa shape index (κ1) is 24.1. The molecule has 34 heavy (non-hydrogen) atoms. The molecule has 1 saturated heterocycles. The van der Waals surface area contributed by atoms with Gasteiger partial charge in [0.05, 0.1) is 12.6 Å². The minimum absolute atomic E-state index is 0.0321. The molecular weight excluding hydrogens is 424 g/mol. The van der Waals surface area contributed by atoms with Gasteiger partial charge in [-0.15, -0.1) is 0 Å². The zero-order chi connectivity index (χ0) is 24.2. The van der Waals surface area contributed by atoms with Crippen LogP contribution in [0, 0.1) is 32.6 Å². The molecule has 1 aliphatic rings. The largest absolute Gasteiger partial charge is 0.349 e. The predicted molar refractivity (Wildman–Crippen MR) is 134 cm³/mol. The Morgan fingerprint density at radius 2 is 1.74 bits per heavy atom. The number of benzene rings is 2. The molecule has 180 valence electrons. The molecule has 1 aromatic heterocycles. The molecule has 0 radical (unpaired) electrons. The van der Waals surface area contributed by atoms with E-state index < -0.39 is 0 Å². The summed E-state index contributed by atoms with van der Waals surface area (Å²) in [5, 5.41) is 7.49. The van der Waals surface area contributed by atoms with E-state index >= 15 is 0 Å². The Hall–Kier alpha value is -2.99. The highest BCUT2D eigenvalue weighted by Gasteiger charge is 2.29. The van der Waals surface area contributed by atoms with Crippen molar-refractivity contribution in [3.8, 4) is 11.4 Å². The van der Waals surface area contributed by atoms with Gasteiger partial charge in [-0.05, 0) is 63.7 Å². The maximum atomic E-state index is 13.1. The van der Waals surface area contributed by atoms with Crippen molar-refractivity contribution in [3.63, 3.8) is 0 Å². The summed E-state index contributed by atoms with van der Waals surface area (Å²) in [4.78, 5) is 20.0. The lowest BCUT2D eigenvalue weighted by molar-refractivity contribution is -0.127. The van der Waals surface area contributed by atoms with Gasteiger partial charge >= 0.3 is 0 Å². The van der Waals surface area contributed by atoms with Crippen molar-refractivity contribution in [2.75, 3.05) is 13.1 Å². The van der Waals surface area contributed by atoms with Crippen LogP contribution in [0.25, 0.3) is 11.4 Å². The van der Waals surface area contributed by atoms with E-state index in [1.54, 1.807) is 0 Å². The van der Waals surface area contributed by atoms with Gasteiger partial charge in [-0.25, -0.2) is 0 Å². The second-order valence-electron chi connectivity index (χ2n) is 10.0. The lowest BCUT2D eigenvalue weighted by Crippen LogP contribution is -2.42. The highest BCUT2D eigenvalue weighted by atomic mass is 16.5. The molecule has 1 atom stereocenters. The molecule has 1 fully saturated rings. The van der Waals surface area contributed by atoms with Crippen LogP contribution < -0.4 is 5.32 Å². The second-order valence-corrected chi connectivity index (χ2v) is 10.0. The lowest BCUT2D eigenvalue weighted by atomic mass is 9.90. The minimum Gasteiger partial charge on any atom is -0.349 e. The van der Waals surface area contributed by atoms with E-state index in [0.717, 1.165) is 31.5 Å². The van der Waals surface area contributed by atoms with Gasteiger partial charge in [-0.2, -0.15) is 4.98 Å². The van der Waals surface area contributed by atoms with Gasteiger partial charge in [0.1, 0.15) is 0 Å². The summed E-state index contributed by atoms with van der Waals surface area (Å²) in [6.45, 7) is 12.9. The number of rotatable bonds is 7. The van der Waals surface area contributed by atoms with Crippen LogP contribution in [0.1, 0.15) is 60.9 Å². The van der Waals surface area contributed by atoms with Gasteiger partial charge in [0.25, 0.3) is 0 Å². The maximum absolute atomic E-state index is 13.1. The zero-order valence-electron chi connectivity index (χ0n) is 21.0. The summed E-state index contributed by atoms with van der Waals surface area (Å²) in [6, 6.07) is 14.6. The standard InChI is InChI=1S/C28H36N4O2/c1-18(2)26(24-11-8-20(4)16-21(24)5)30-28(33)23-12-14-32(15-13-23)17-25-29-27(31-34-25)22-9-6-19(3)7-10-22/h6-11,16,18,23,26H,12-15,17H2,1-5H3,(H,30,33). The first-order chi connectivity index (χ1) is 16.3. The highest BCUT2D eigenvalue weighted by Crippen LogP contribution is 2.27. The van der Waals surface area contributed by atoms with E-state index in [0.29, 0.717) is 24.2 Å². The molecular formula is C28H36N4O2. The van der Waals surface area contributed by atoms with E-state index in [-0.39, 0.29) is 17.9 Å². The van der Waals surface area contributed by atoms with Gasteiger partial charge in [0, 0.05) is 11.5 Å². The molecule has 6 heteroatoms. The third kappa shape index (κ3) is 5.73. The number of nitrogens with zero attached hydrogens (tertiary/aromatic N) is 3. The number of hydrogen-bond donors (Lipinski definition) is 1. The average molecular weight is 461 g/mol. The quantitative estimate of drug-likeness (QED) is 0.512. The van der Waals surface area contributed by atoms with Gasteiger partial charge in [0.2, 0.25) is 17.6 Å². The molecule has 1 amide bonds. The smallest absolute Gasteiger partial charge is 0.241 e. The van der Waals surface area contributed by atoms with E-state index in [4.69, 9.17) is 4.52 Å². The molecule has 0 spiro atoms. The molecule has 1 N–H and O–H groups in total. The molecule has 2 aromatic carbocycles. The fourth-order valence-electron chi connectivity index (χ4n) is 4.73. The SMILES string of the molecule is Cc1ccc(-c2noc(CN3CCC(C(=O)NC(c4ccc(C)cc4C)C(C)C)CC3)n2)cc1. The Balaban J connectivity index is 1.31. The predicted octanol–water partition coefficient (Wildman–Crippen LogP) is 5.39. The average Bonchev–Trinajstić information content (AvgIpc) is 3.27. The minimum atomic E-state index is 0.0321. The van der Waals surface area contributed by atoms with Crippen molar-refractivity contribution in [3.05, 3.63) is 70.6 Å². The van der Waals surface area contributed by atoms with Crippen molar-refractivity contribution in [1.29, 1.82) is 0 Å². The Labute approximate surface area is 202 Å². The molecule has 4 rings (SSSR count). The first-order valence-corrected chi connectivity index (χ1v) is 12.3. The summed E-state index contributed by atoms with van der Waals surface area (Å²) >= 11 is 0. The summed E-state index contributed by atoms with van der Waals surface area (Å²) in [6.07, 6.45) is 1.67. The molecule has 2 heterocycles. The van der Waals surface area contributed by atoms with Crippen molar-refractivity contribution in [2.45, 2.75) is 60.0 Å². The van der Waals surface area contributed by atoms with Crippen molar-refractivity contribution in [2.24, 2.45) is 11.8 Å². The number of amides is 1. The summed E-state index contributed by atoms with van der Waals surface area (Å²) in [5.74, 6) is 1.76. The third-order valence-corrected chi connectivity index (χ3v) is 6.82. The van der Waals surface area contributed by atoms with Crippen LogP contribution in [0.4, 0.5) is 0 Å². The fourth-order valence-corrected chi connectivity index (χ4v) is 4.73. The zero-order valence-corrected chi connectivity index (χ0v) is 21.0. The normalized spacial score (nSPS) is 16.1. The highest BCUT2D eigenvalue weighted by molar-refractivity contribution is 5.79. The van der Waals surface area contributed by atoms with Gasteiger partial charge in [-0.1, -0.05) is 72.6 Å². The number of carbonyl (C=O) groups excluding carboxylic acids is 1. The Morgan fingerprint density at radius 3 is 2.38 bits per heavy atom. The number of aryl methyl sites for hydroxylation is 3.